The van der Waals surface area contributed by atoms with E-state index in [0.717, 1.165) is 32.5 Å². The SMILES string of the molecule is CCOCCCC(Cc1ccc(I)cc1)NN. The summed E-state index contributed by atoms with van der Waals surface area (Å²) in [6.45, 7) is 3.63. The highest BCUT2D eigenvalue weighted by Gasteiger charge is 2.07. The van der Waals surface area contributed by atoms with Gasteiger partial charge in [0.05, 0.1) is 0 Å². The van der Waals surface area contributed by atoms with Crippen LogP contribution in [-0.4, -0.2) is 19.3 Å². The molecule has 1 unspecified atom stereocenters. The van der Waals surface area contributed by atoms with Gasteiger partial charge in [0.1, 0.15) is 0 Å². The molecule has 96 valence electrons. The molecule has 0 fully saturated rings. The first-order chi connectivity index (χ1) is 8.26. The van der Waals surface area contributed by atoms with Crippen molar-refractivity contribution in [1.29, 1.82) is 0 Å². The van der Waals surface area contributed by atoms with E-state index < -0.39 is 0 Å². The maximum absolute atomic E-state index is 5.57. The zero-order chi connectivity index (χ0) is 12.5. The Morgan fingerprint density at radius 1 is 1.35 bits per heavy atom. The van der Waals surface area contributed by atoms with Crippen LogP contribution < -0.4 is 11.3 Å². The van der Waals surface area contributed by atoms with Crippen molar-refractivity contribution < 1.29 is 4.74 Å². The van der Waals surface area contributed by atoms with Crippen molar-refractivity contribution in [2.24, 2.45) is 5.84 Å². The van der Waals surface area contributed by atoms with Crippen LogP contribution in [0.25, 0.3) is 0 Å². The summed E-state index contributed by atoms with van der Waals surface area (Å²) >= 11 is 2.31. The third-order valence-electron chi connectivity index (χ3n) is 2.68. The van der Waals surface area contributed by atoms with Gasteiger partial charge in [-0.2, -0.15) is 0 Å². The van der Waals surface area contributed by atoms with Gasteiger partial charge in [-0.15, -0.1) is 0 Å². The molecule has 1 aromatic rings. The topological polar surface area (TPSA) is 47.3 Å². The number of rotatable bonds is 8. The number of hydrogen-bond acceptors (Lipinski definition) is 3. The molecule has 0 aliphatic heterocycles. The highest BCUT2D eigenvalue weighted by atomic mass is 127. The first kappa shape index (κ1) is 14.9. The fourth-order valence-electron chi connectivity index (χ4n) is 1.73. The van der Waals surface area contributed by atoms with Crippen LogP contribution in [0.4, 0.5) is 0 Å². The molecule has 0 aliphatic carbocycles. The number of hydrazine groups is 1. The Morgan fingerprint density at radius 2 is 2.06 bits per heavy atom. The molecule has 0 aliphatic rings. The Kier molecular flexibility index (Phi) is 7.75. The summed E-state index contributed by atoms with van der Waals surface area (Å²) in [4.78, 5) is 0. The van der Waals surface area contributed by atoms with Crippen LogP contribution in [0.5, 0.6) is 0 Å². The maximum atomic E-state index is 5.57. The molecule has 1 rings (SSSR count). The summed E-state index contributed by atoms with van der Waals surface area (Å²) in [5.74, 6) is 5.57. The summed E-state index contributed by atoms with van der Waals surface area (Å²) in [7, 11) is 0. The quantitative estimate of drug-likeness (QED) is 0.328. The molecule has 3 nitrogen and oxygen atoms in total. The van der Waals surface area contributed by atoms with Crippen LogP contribution in [0.15, 0.2) is 24.3 Å². The Morgan fingerprint density at radius 3 is 2.65 bits per heavy atom. The predicted octanol–water partition coefficient (Wildman–Crippen LogP) is 2.48. The first-order valence-corrected chi connectivity index (χ1v) is 7.12. The lowest BCUT2D eigenvalue weighted by molar-refractivity contribution is 0.140. The van der Waals surface area contributed by atoms with Gasteiger partial charge in [-0.3, -0.25) is 11.3 Å². The first-order valence-electron chi connectivity index (χ1n) is 6.04. The predicted molar refractivity (Wildman–Crippen MR) is 79.7 cm³/mol. The van der Waals surface area contributed by atoms with E-state index in [1.807, 2.05) is 6.92 Å². The Bertz CT molecular complexity index is 303. The minimum atomic E-state index is 0.329. The van der Waals surface area contributed by atoms with Gasteiger partial charge in [0.2, 0.25) is 0 Å². The molecule has 3 N–H and O–H groups in total. The Labute approximate surface area is 117 Å². The number of hydrogen-bond donors (Lipinski definition) is 2. The zero-order valence-electron chi connectivity index (χ0n) is 10.3. The minimum Gasteiger partial charge on any atom is -0.382 e. The lowest BCUT2D eigenvalue weighted by Crippen LogP contribution is -2.36. The molecule has 17 heavy (non-hydrogen) atoms. The molecule has 0 saturated carbocycles. The third-order valence-corrected chi connectivity index (χ3v) is 3.40. The standard InChI is InChI=1S/C13H21IN2O/c1-2-17-9-3-4-13(16-15)10-11-5-7-12(14)8-6-11/h5-8,13,16H,2-4,9-10,15H2,1H3. The van der Waals surface area contributed by atoms with Crippen LogP contribution in [0.3, 0.4) is 0 Å². The lowest BCUT2D eigenvalue weighted by Gasteiger charge is -2.15. The van der Waals surface area contributed by atoms with Crippen LogP contribution >= 0.6 is 22.6 Å². The van der Waals surface area contributed by atoms with Crippen LogP contribution in [0, 0.1) is 3.57 Å². The van der Waals surface area contributed by atoms with Gasteiger partial charge in [0.25, 0.3) is 0 Å². The van der Waals surface area contributed by atoms with E-state index in [0.29, 0.717) is 6.04 Å². The second-order valence-corrected chi connectivity index (χ2v) is 5.28. The second-order valence-electron chi connectivity index (χ2n) is 4.03. The molecule has 4 heteroatoms. The molecule has 0 amide bonds. The van der Waals surface area contributed by atoms with E-state index in [9.17, 15) is 0 Å². The van der Waals surface area contributed by atoms with Gasteiger partial charge in [-0.05, 0) is 66.5 Å². The summed E-state index contributed by atoms with van der Waals surface area (Å²) in [5.41, 5.74) is 4.21. The van der Waals surface area contributed by atoms with Crippen molar-refractivity contribution in [3.8, 4) is 0 Å². The molecular formula is C13H21IN2O. The van der Waals surface area contributed by atoms with Crippen molar-refractivity contribution >= 4 is 22.6 Å². The van der Waals surface area contributed by atoms with E-state index >= 15 is 0 Å². The van der Waals surface area contributed by atoms with E-state index in [1.54, 1.807) is 0 Å². The molecular weight excluding hydrogens is 327 g/mol. The smallest absolute Gasteiger partial charge is 0.0466 e. The van der Waals surface area contributed by atoms with Crippen molar-refractivity contribution in [1.82, 2.24) is 5.43 Å². The highest BCUT2D eigenvalue weighted by molar-refractivity contribution is 14.1. The number of nitrogens with one attached hydrogen (secondary N) is 1. The van der Waals surface area contributed by atoms with Gasteiger partial charge >= 0.3 is 0 Å². The van der Waals surface area contributed by atoms with Crippen molar-refractivity contribution in [2.75, 3.05) is 13.2 Å². The molecule has 0 radical (unpaired) electrons. The number of nitrogens with two attached hydrogens (primary N) is 1. The molecule has 0 bridgehead atoms. The lowest BCUT2D eigenvalue weighted by atomic mass is 10.0. The van der Waals surface area contributed by atoms with Gasteiger partial charge in [-0.25, -0.2) is 0 Å². The largest absolute Gasteiger partial charge is 0.382 e. The minimum absolute atomic E-state index is 0.329. The molecule has 0 spiro atoms. The fourth-order valence-corrected chi connectivity index (χ4v) is 2.09. The van der Waals surface area contributed by atoms with E-state index in [1.165, 1.54) is 9.13 Å². The second kappa shape index (κ2) is 8.85. The van der Waals surface area contributed by atoms with Crippen LogP contribution in [0.2, 0.25) is 0 Å². The third kappa shape index (κ3) is 6.35. The van der Waals surface area contributed by atoms with Crippen molar-refractivity contribution in [2.45, 2.75) is 32.2 Å². The Balaban J connectivity index is 2.33. The van der Waals surface area contributed by atoms with Gasteiger partial charge < -0.3 is 4.74 Å². The molecule has 0 aromatic heterocycles. The summed E-state index contributed by atoms with van der Waals surface area (Å²) in [5, 5.41) is 0. The monoisotopic (exact) mass is 348 g/mol. The van der Waals surface area contributed by atoms with Gasteiger partial charge in [0.15, 0.2) is 0 Å². The van der Waals surface area contributed by atoms with Gasteiger partial charge in [0, 0.05) is 22.8 Å². The van der Waals surface area contributed by atoms with E-state index in [4.69, 9.17) is 10.6 Å². The Hall–Kier alpha value is -0.170. The molecule has 0 saturated heterocycles. The summed E-state index contributed by atoms with van der Waals surface area (Å²) < 4.78 is 6.59. The number of benzene rings is 1. The summed E-state index contributed by atoms with van der Waals surface area (Å²) in [6.07, 6.45) is 3.06. The van der Waals surface area contributed by atoms with Crippen LogP contribution in [0.1, 0.15) is 25.3 Å². The normalized spacial score (nSPS) is 12.6. The van der Waals surface area contributed by atoms with Crippen LogP contribution in [-0.2, 0) is 11.2 Å². The number of ether oxygens (including phenoxy) is 1. The van der Waals surface area contributed by atoms with E-state index in [-0.39, 0.29) is 0 Å². The van der Waals surface area contributed by atoms with Crippen molar-refractivity contribution in [3.05, 3.63) is 33.4 Å². The number of halogens is 1. The van der Waals surface area contributed by atoms with E-state index in [2.05, 4.69) is 52.3 Å². The average molecular weight is 348 g/mol. The highest BCUT2D eigenvalue weighted by Crippen LogP contribution is 2.10. The molecule has 0 heterocycles. The fraction of sp³-hybridized carbons (Fsp3) is 0.538. The van der Waals surface area contributed by atoms with Gasteiger partial charge in [-0.1, -0.05) is 12.1 Å². The zero-order valence-corrected chi connectivity index (χ0v) is 12.4. The molecule has 1 atom stereocenters. The average Bonchev–Trinajstić information content (AvgIpc) is 2.35. The van der Waals surface area contributed by atoms with Crippen molar-refractivity contribution in [3.63, 3.8) is 0 Å². The maximum Gasteiger partial charge on any atom is 0.0466 e. The molecule has 1 aromatic carbocycles. The summed E-state index contributed by atoms with van der Waals surface area (Å²) in [6, 6.07) is 8.91.